The van der Waals surface area contributed by atoms with Crippen LogP contribution >= 0.6 is 0 Å². The molecule has 0 aliphatic rings. The summed E-state index contributed by atoms with van der Waals surface area (Å²) in [5.74, 6) is -0.623. The summed E-state index contributed by atoms with van der Waals surface area (Å²) in [5, 5.41) is 4.01. The first kappa shape index (κ1) is 13.4. The van der Waals surface area contributed by atoms with E-state index >= 15 is 0 Å². The molecule has 0 radical (unpaired) electrons. The number of nitrogen functional groups attached to an aromatic ring is 1. The topological polar surface area (TPSA) is 43.8 Å². The Kier molecular flexibility index (Phi) is 3.21. The van der Waals surface area contributed by atoms with Crippen molar-refractivity contribution in [3.05, 3.63) is 46.9 Å². The number of benzene rings is 1. The maximum absolute atomic E-state index is 13.2. The van der Waals surface area contributed by atoms with E-state index in [4.69, 9.17) is 5.73 Å². The fourth-order valence-corrected chi connectivity index (χ4v) is 1.77. The summed E-state index contributed by atoms with van der Waals surface area (Å²) in [4.78, 5) is 0. The standard InChI is InChI=1S/C12H11F4N3/c1-7-2-11(17)19(18-7)6-8-3-9(12(14,15)16)5-10(13)4-8/h2-5H,6,17H2,1H3. The molecule has 0 saturated carbocycles. The fourth-order valence-electron chi connectivity index (χ4n) is 1.77. The molecule has 0 saturated heterocycles. The molecule has 2 N–H and O–H groups in total. The maximum atomic E-state index is 13.2. The molecule has 0 amide bonds. The van der Waals surface area contributed by atoms with E-state index in [0.29, 0.717) is 17.6 Å². The van der Waals surface area contributed by atoms with Crippen molar-refractivity contribution in [2.24, 2.45) is 0 Å². The van der Waals surface area contributed by atoms with Crippen LogP contribution in [0.25, 0.3) is 0 Å². The van der Waals surface area contributed by atoms with Crippen molar-refractivity contribution >= 4 is 5.82 Å². The van der Waals surface area contributed by atoms with Gasteiger partial charge in [-0.1, -0.05) is 0 Å². The number of hydrogen-bond donors (Lipinski definition) is 1. The van der Waals surface area contributed by atoms with Gasteiger partial charge in [-0.3, -0.25) is 0 Å². The lowest BCUT2D eigenvalue weighted by molar-refractivity contribution is -0.137. The lowest BCUT2D eigenvalue weighted by Gasteiger charge is -2.10. The maximum Gasteiger partial charge on any atom is 0.416 e. The Morgan fingerprint density at radius 2 is 1.89 bits per heavy atom. The second-order valence-electron chi connectivity index (χ2n) is 4.21. The van der Waals surface area contributed by atoms with Gasteiger partial charge in [-0.05, 0) is 30.7 Å². The molecule has 1 heterocycles. The third-order valence-corrected chi connectivity index (χ3v) is 2.55. The van der Waals surface area contributed by atoms with E-state index in [1.807, 2.05) is 0 Å². The Morgan fingerprint density at radius 3 is 2.42 bits per heavy atom. The Balaban J connectivity index is 2.35. The summed E-state index contributed by atoms with van der Waals surface area (Å²) in [7, 11) is 0. The predicted molar refractivity (Wildman–Crippen MR) is 61.9 cm³/mol. The summed E-state index contributed by atoms with van der Waals surface area (Å²) in [6.45, 7) is 1.69. The lowest BCUT2D eigenvalue weighted by Crippen LogP contribution is -2.10. The summed E-state index contributed by atoms with van der Waals surface area (Å²) in [6.07, 6.45) is -4.58. The van der Waals surface area contributed by atoms with Crippen molar-refractivity contribution in [3.8, 4) is 0 Å². The zero-order valence-electron chi connectivity index (χ0n) is 10.0. The third kappa shape index (κ3) is 3.04. The van der Waals surface area contributed by atoms with Crippen LogP contribution in [0.5, 0.6) is 0 Å². The molecule has 2 rings (SSSR count). The van der Waals surface area contributed by atoms with Gasteiger partial charge in [0.1, 0.15) is 11.6 Å². The van der Waals surface area contributed by atoms with Crippen LogP contribution in [-0.4, -0.2) is 9.78 Å². The van der Waals surface area contributed by atoms with E-state index in [1.165, 1.54) is 4.68 Å². The van der Waals surface area contributed by atoms with Crippen molar-refractivity contribution in [2.45, 2.75) is 19.6 Å². The minimum absolute atomic E-state index is 0.0134. The van der Waals surface area contributed by atoms with Crippen LogP contribution in [0, 0.1) is 12.7 Å². The second kappa shape index (κ2) is 4.56. The van der Waals surface area contributed by atoms with Crippen LogP contribution < -0.4 is 5.73 Å². The number of aromatic nitrogens is 2. The molecular formula is C12H11F4N3. The summed E-state index contributed by atoms with van der Waals surface area (Å²) in [6, 6.07) is 3.97. The van der Waals surface area contributed by atoms with E-state index in [1.54, 1.807) is 13.0 Å². The Labute approximate surface area is 106 Å². The minimum Gasteiger partial charge on any atom is -0.384 e. The first-order valence-electron chi connectivity index (χ1n) is 5.42. The monoisotopic (exact) mass is 273 g/mol. The number of hydrogen-bond acceptors (Lipinski definition) is 2. The number of nitrogens with two attached hydrogens (primary N) is 1. The fraction of sp³-hybridized carbons (Fsp3) is 0.250. The summed E-state index contributed by atoms with van der Waals surface area (Å²) < 4.78 is 52.2. The van der Waals surface area contributed by atoms with Crippen LogP contribution in [0.2, 0.25) is 0 Å². The molecule has 1 aromatic heterocycles. The zero-order chi connectivity index (χ0) is 14.2. The Bertz CT molecular complexity index is 602. The molecule has 0 bridgehead atoms. The van der Waals surface area contributed by atoms with Crippen molar-refractivity contribution in [1.82, 2.24) is 9.78 Å². The molecule has 0 spiro atoms. The van der Waals surface area contributed by atoms with Gasteiger partial charge in [-0.2, -0.15) is 18.3 Å². The molecule has 0 aliphatic heterocycles. The molecule has 7 heteroatoms. The quantitative estimate of drug-likeness (QED) is 0.855. The highest BCUT2D eigenvalue weighted by molar-refractivity contribution is 5.33. The highest BCUT2D eigenvalue weighted by Gasteiger charge is 2.31. The molecular weight excluding hydrogens is 262 g/mol. The van der Waals surface area contributed by atoms with Crippen molar-refractivity contribution < 1.29 is 17.6 Å². The molecule has 2 aromatic rings. The molecule has 0 fully saturated rings. The van der Waals surface area contributed by atoms with Crippen molar-refractivity contribution in [1.29, 1.82) is 0 Å². The lowest BCUT2D eigenvalue weighted by atomic mass is 10.1. The van der Waals surface area contributed by atoms with Crippen molar-refractivity contribution in [3.63, 3.8) is 0 Å². The number of rotatable bonds is 2. The SMILES string of the molecule is Cc1cc(N)n(Cc2cc(F)cc(C(F)(F)F)c2)n1. The molecule has 1 aromatic carbocycles. The smallest absolute Gasteiger partial charge is 0.384 e. The van der Waals surface area contributed by atoms with Gasteiger partial charge >= 0.3 is 6.18 Å². The van der Waals surface area contributed by atoms with E-state index in [0.717, 1.165) is 12.1 Å². The van der Waals surface area contributed by atoms with Gasteiger partial charge < -0.3 is 5.73 Å². The summed E-state index contributed by atoms with van der Waals surface area (Å²) in [5.41, 5.74) is 5.41. The van der Waals surface area contributed by atoms with E-state index < -0.39 is 17.6 Å². The zero-order valence-corrected chi connectivity index (χ0v) is 10.0. The molecule has 102 valence electrons. The number of nitrogens with zero attached hydrogens (tertiary/aromatic N) is 2. The van der Waals surface area contributed by atoms with Crippen molar-refractivity contribution in [2.75, 3.05) is 5.73 Å². The number of alkyl halides is 3. The van der Waals surface area contributed by atoms with Crippen LogP contribution in [0.3, 0.4) is 0 Å². The molecule has 3 nitrogen and oxygen atoms in total. The Hall–Kier alpha value is -2.05. The number of halogens is 4. The first-order valence-corrected chi connectivity index (χ1v) is 5.42. The average Bonchev–Trinajstić information content (AvgIpc) is 2.55. The molecule has 0 unspecified atom stereocenters. The van der Waals surface area contributed by atoms with Gasteiger partial charge in [0, 0.05) is 6.07 Å². The number of aryl methyl sites for hydroxylation is 1. The predicted octanol–water partition coefficient (Wildman–Crippen LogP) is 2.98. The van der Waals surface area contributed by atoms with Gasteiger partial charge in [0.05, 0.1) is 17.8 Å². The molecule has 19 heavy (non-hydrogen) atoms. The second-order valence-corrected chi connectivity index (χ2v) is 4.21. The van der Waals surface area contributed by atoms with E-state index in [-0.39, 0.29) is 12.1 Å². The van der Waals surface area contributed by atoms with Crippen LogP contribution in [0.4, 0.5) is 23.4 Å². The average molecular weight is 273 g/mol. The number of anilines is 1. The highest BCUT2D eigenvalue weighted by atomic mass is 19.4. The van der Waals surface area contributed by atoms with Crippen LogP contribution in [-0.2, 0) is 12.7 Å². The van der Waals surface area contributed by atoms with Gasteiger partial charge in [0.15, 0.2) is 0 Å². The van der Waals surface area contributed by atoms with E-state index in [9.17, 15) is 17.6 Å². The highest BCUT2D eigenvalue weighted by Crippen LogP contribution is 2.30. The molecule has 0 aliphatic carbocycles. The van der Waals surface area contributed by atoms with Crippen LogP contribution in [0.1, 0.15) is 16.8 Å². The third-order valence-electron chi connectivity index (χ3n) is 2.55. The molecule has 0 atom stereocenters. The Morgan fingerprint density at radius 1 is 1.21 bits per heavy atom. The van der Waals surface area contributed by atoms with E-state index in [2.05, 4.69) is 5.10 Å². The van der Waals surface area contributed by atoms with Gasteiger partial charge in [-0.25, -0.2) is 9.07 Å². The largest absolute Gasteiger partial charge is 0.416 e. The van der Waals surface area contributed by atoms with Crippen LogP contribution in [0.15, 0.2) is 24.3 Å². The minimum atomic E-state index is -4.58. The van der Waals surface area contributed by atoms with Gasteiger partial charge in [-0.15, -0.1) is 0 Å². The van der Waals surface area contributed by atoms with Gasteiger partial charge in [0.2, 0.25) is 0 Å². The first-order chi connectivity index (χ1) is 8.75. The normalized spacial score (nSPS) is 11.8. The summed E-state index contributed by atoms with van der Waals surface area (Å²) >= 11 is 0. The van der Waals surface area contributed by atoms with Gasteiger partial charge in [0.25, 0.3) is 0 Å².